The molecule has 1 unspecified atom stereocenters. The molecule has 0 saturated heterocycles. The van der Waals surface area contributed by atoms with Crippen molar-refractivity contribution in [3.8, 4) is 5.75 Å². The van der Waals surface area contributed by atoms with Crippen LogP contribution in [0, 0.1) is 0 Å². The molecule has 2 aliphatic carbocycles. The molecule has 0 bridgehead atoms. The molecule has 3 aromatic rings. The molecule has 7 heteroatoms. The van der Waals surface area contributed by atoms with Gasteiger partial charge in [0.05, 0.1) is 13.2 Å². The summed E-state index contributed by atoms with van der Waals surface area (Å²) in [5.74, 6) is 2.67. The van der Waals surface area contributed by atoms with E-state index in [1.165, 1.54) is 30.4 Å². The Bertz CT molecular complexity index is 1100. The highest BCUT2D eigenvalue weighted by Gasteiger charge is 2.22. The second-order valence-electron chi connectivity index (χ2n) is 9.28. The number of aryl methyl sites for hydroxylation is 1. The topological polar surface area (TPSA) is 84.0 Å². The van der Waals surface area contributed by atoms with E-state index in [4.69, 9.17) is 19.7 Å². The van der Waals surface area contributed by atoms with Crippen LogP contribution in [-0.2, 0) is 13.0 Å². The number of anilines is 3. The number of hydrogen-bond acceptors (Lipinski definition) is 7. The molecule has 1 fully saturated rings. The van der Waals surface area contributed by atoms with Crippen molar-refractivity contribution in [2.45, 2.75) is 70.0 Å². The van der Waals surface area contributed by atoms with Crippen LogP contribution in [0.1, 0.15) is 67.7 Å². The van der Waals surface area contributed by atoms with Crippen molar-refractivity contribution in [3.05, 3.63) is 65.2 Å². The van der Waals surface area contributed by atoms with Crippen LogP contribution in [0.15, 0.2) is 48.5 Å². The summed E-state index contributed by atoms with van der Waals surface area (Å²) < 4.78 is 5.35. The van der Waals surface area contributed by atoms with E-state index in [1.807, 2.05) is 18.2 Å². The Kier molecular flexibility index (Phi) is 7.08. The molecule has 2 aromatic carbocycles. The summed E-state index contributed by atoms with van der Waals surface area (Å²) in [5, 5.41) is 10.6. The highest BCUT2D eigenvalue weighted by molar-refractivity contribution is 5.46. The lowest BCUT2D eigenvalue weighted by Gasteiger charge is -2.27. The Morgan fingerprint density at radius 3 is 2.47 bits per heavy atom. The molecular formula is C27H34N6O. The first kappa shape index (κ1) is 22.4. The number of nitrogens with zero attached hydrogens (tertiary/aromatic N) is 3. The van der Waals surface area contributed by atoms with Gasteiger partial charge in [-0.3, -0.25) is 0 Å². The normalized spacial score (nSPS) is 18.1. The number of methoxy groups -OCH3 is 1. The third-order valence-electron chi connectivity index (χ3n) is 6.83. The van der Waals surface area contributed by atoms with Crippen molar-refractivity contribution in [1.82, 2.24) is 15.0 Å². The maximum absolute atomic E-state index is 5.35. The molecule has 178 valence electrons. The van der Waals surface area contributed by atoms with Crippen molar-refractivity contribution < 1.29 is 4.74 Å². The summed E-state index contributed by atoms with van der Waals surface area (Å²) in [6.45, 7) is 0.607. The van der Waals surface area contributed by atoms with Gasteiger partial charge in [0.1, 0.15) is 5.75 Å². The molecule has 7 nitrogen and oxygen atoms in total. The van der Waals surface area contributed by atoms with Gasteiger partial charge in [0.15, 0.2) is 0 Å². The molecule has 1 heterocycles. The van der Waals surface area contributed by atoms with E-state index in [2.05, 4.69) is 46.3 Å². The van der Waals surface area contributed by atoms with Crippen LogP contribution in [0.2, 0.25) is 0 Å². The third-order valence-corrected chi connectivity index (χ3v) is 6.83. The molecule has 34 heavy (non-hydrogen) atoms. The Balaban J connectivity index is 1.36. The van der Waals surface area contributed by atoms with Gasteiger partial charge in [-0.25, -0.2) is 0 Å². The van der Waals surface area contributed by atoms with E-state index in [0.29, 0.717) is 30.4 Å². The van der Waals surface area contributed by atoms with Crippen molar-refractivity contribution in [1.29, 1.82) is 0 Å². The zero-order valence-electron chi connectivity index (χ0n) is 19.9. The van der Waals surface area contributed by atoms with Crippen LogP contribution >= 0.6 is 0 Å². The number of benzene rings is 2. The van der Waals surface area contributed by atoms with E-state index < -0.39 is 0 Å². The van der Waals surface area contributed by atoms with Gasteiger partial charge in [-0.1, -0.05) is 55.7 Å². The summed E-state index contributed by atoms with van der Waals surface area (Å²) in [6, 6.07) is 17.3. The summed E-state index contributed by atoms with van der Waals surface area (Å²) in [7, 11) is 1.68. The first-order chi connectivity index (χ1) is 16.8. The smallest absolute Gasteiger partial charge is 0.229 e. The first-order valence-corrected chi connectivity index (χ1v) is 12.5. The first-order valence-electron chi connectivity index (χ1n) is 12.5. The second kappa shape index (κ2) is 10.7. The number of ether oxygens (including phenoxy) is 1. The standard InChI is InChI=1S/C27H34N6O/c1-34-22-14-7-9-19(17-22)18-28-25-31-26(29-21-12-3-2-4-13-21)33-27(32-25)30-24-16-8-11-20-10-5-6-15-23(20)24/h5-7,9-10,14-15,17,21,24H,2-4,8,11-13,16,18H2,1H3,(H3,28,29,30,31,32,33). The van der Waals surface area contributed by atoms with Crippen LogP contribution in [-0.4, -0.2) is 28.1 Å². The molecule has 0 spiro atoms. The lowest BCUT2D eigenvalue weighted by atomic mass is 9.88. The Labute approximate surface area is 201 Å². The van der Waals surface area contributed by atoms with Crippen LogP contribution in [0.4, 0.5) is 17.8 Å². The maximum atomic E-state index is 5.35. The van der Waals surface area contributed by atoms with Crippen LogP contribution in [0.3, 0.4) is 0 Å². The molecule has 5 rings (SSSR count). The average Bonchev–Trinajstić information content (AvgIpc) is 2.88. The van der Waals surface area contributed by atoms with E-state index >= 15 is 0 Å². The van der Waals surface area contributed by atoms with E-state index in [1.54, 1.807) is 7.11 Å². The molecule has 3 N–H and O–H groups in total. The Morgan fingerprint density at radius 2 is 1.62 bits per heavy atom. The molecule has 1 saturated carbocycles. The molecule has 0 radical (unpaired) electrons. The van der Waals surface area contributed by atoms with Crippen molar-refractivity contribution in [3.63, 3.8) is 0 Å². The zero-order chi connectivity index (χ0) is 23.2. The van der Waals surface area contributed by atoms with Gasteiger partial charge in [-0.2, -0.15) is 15.0 Å². The van der Waals surface area contributed by atoms with E-state index in [-0.39, 0.29) is 6.04 Å². The largest absolute Gasteiger partial charge is 0.497 e. The molecule has 1 aromatic heterocycles. The Morgan fingerprint density at radius 1 is 0.824 bits per heavy atom. The van der Waals surface area contributed by atoms with Gasteiger partial charge in [0.2, 0.25) is 17.8 Å². The lowest BCUT2D eigenvalue weighted by Crippen LogP contribution is -2.25. The second-order valence-corrected chi connectivity index (χ2v) is 9.28. The van der Waals surface area contributed by atoms with Crippen LogP contribution in [0.5, 0.6) is 5.75 Å². The third kappa shape index (κ3) is 5.58. The maximum Gasteiger partial charge on any atom is 0.229 e. The molecular weight excluding hydrogens is 424 g/mol. The van der Waals surface area contributed by atoms with Gasteiger partial charge >= 0.3 is 0 Å². The summed E-state index contributed by atoms with van der Waals surface area (Å²) >= 11 is 0. The van der Waals surface area contributed by atoms with Gasteiger partial charge in [-0.05, 0) is 60.9 Å². The Hall–Kier alpha value is -3.35. The lowest BCUT2D eigenvalue weighted by molar-refractivity contribution is 0.414. The van der Waals surface area contributed by atoms with E-state index in [0.717, 1.165) is 43.4 Å². The number of nitrogens with one attached hydrogen (secondary N) is 3. The van der Waals surface area contributed by atoms with Crippen LogP contribution in [0.25, 0.3) is 0 Å². The number of aromatic nitrogens is 3. The number of rotatable bonds is 8. The van der Waals surface area contributed by atoms with Crippen LogP contribution < -0.4 is 20.7 Å². The summed E-state index contributed by atoms with van der Waals surface area (Å²) in [6.07, 6.45) is 9.52. The van der Waals surface area contributed by atoms with Gasteiger partial charge in [0.25, 0.3) is 0 Å². The monoisotopic (exact) mass is 458 g/mol. The quantitative estimate of drug-likeness (QED) is 0.398. The fourth-order valence-corrected chi connectivity index (χ4v) is 5.04. The average molecular weight is 459 g/mol. The minimum atomic E-state index is 0.209. The van der Waals surface area contributed by atoms with E-state index in [9.17, 15) is 0 Å². The van der Waals surface area contributed by atoms with Gasteiger partial charge in [-0.15, -0.1) is 0 Å². The highest BCUT2D eigenvalue weighted by Crippen LogP contribution is 2.32. The molecule has 0 amide bonds. The molecule has 2 aliphatic rings. The predicted octanol–water partition coefficient (Wildman–Crippen LogP) is 5.73. The minimum Gasteiger partial charge on any atom is -0.497 e. The minimum absolute atomic E-state index is 0.209. The molecule has 1 atom stereocenters. The summed E-state index contributed by atoms with van der Waals surface area (Å²) in [4.78, 5) is 14.2. The van der Waals surface area contributed by atoms with Gasteiger partial charge in [0, 0.05) is 12.6 Å². The van der Waals surface area contributed by atoms with Crippen molar-refractivity contribution >= 4 is 17.8 Å². The number of hydrogen-bond donors (Lipinski definition) is 3. The molecule has 0 aliphatic heterocycles. The highest BCUT2D eigenvalue weighted by atomic mass is 16.5. The summed E-state index contributed by atoms with van der Waals surface area (Å²) in [5.41, 5.74) is 3.87. The number of fused-ring (bicyclic) bond motifs is 1. The SMILES string of the molecule is COc1cccc(CNc2nc(NC3CCCCC3)nc(NC3CCCc4ccccc43)n2)c1. The fraction of sp³-hybridized carbons (Fsp3) is 0.444. The fourth-order valence-electron chi connectivity index (χ4n) is 5.04. The van der Waals surface area contributed by atoms with Gasteiger partial charge < -0.3 is 20.7 Å². The van der Waals surface area contributed by atoms with Crippen molar-refractivity contribution in [2.75, 3.05) is 23.1 Å². The predicted molar refractivity (Wildman–Crippen MR) is 136 cm³/mol. The van der Waals surface area contributed by atoms with Crippen molar-refractivity contribution in [2.24, 2.45) is 0 Å². The zero-order valence-corrected chi connectivity index (χ0v) is 19.9.